The number of fused-ring (bicyclic) bond motifs is 4. The highest BCUT2D eigenvalue weighted by molar-refractivity contribution is 6.01. The molecule has 1 aliphatic heterocycles. The van der Waals surface area contributed by atoms with Crippen molar-refractivity contribution < 1.29 is 59.6 Å². The normalized spacial score (nSPS) is 11.8. The van der Waals surface area contributed by atoms with E-state index in [-0.39, 0.29) is 65.2 Å². The van der Waals surface area contributed by atoms with Gasteiger partial charge in [-0.1, -0.05) is 92.1 Å². The second-order valence-corrected chi connectivity index (χ2v) is 33.2. The summed E-state index contributed by atoms with van der Waals surface area (Å²) in [6.07, 6.45) is 8.89. The highest BCUT2D eigenvalue weighted by Crippen LogP contribution is 2.36. The highest BCUT2D eigenvalue weighted by atomic mass is 19.4. The summed E-state index contributed by atoms with van der Waals surface area (Å²) in [5, 5.41) is 25.1. The molecule has 137 heavy (non-hydrogen) atoms. The second kappa shape index (κ2) is 41.3. The Balaban J connectivity index is 0.000000139. The van der Waals surface area contributed by atoms with E-state index in [1.807, 2.05) is 150 Å². The Labute approximate surface area is 782 Å². The van der Waals surface area contributed by atoms with Crippen molar-refractivity contribution in [2.75, 3.05) is 47.2 Å². The molecule has 1 fully saturated rings. The van der Waals surface area contributed by atoms with Crippen molar-refractivity contribution in [3.63, 3.8) is 0 Å². The smallest absolute Gasteiger partial charge is 0.378 e. The molecule has 0 bridgehead atoms. The minimum Gasteiger partial charge on any atom is -0.378 e. The first-order valence-electron chi connectivity index (χ1n) is 43.1. The van der Waals surface area contributed by atoms with E-state index in [0.29, 0.717) is 134 Å². The average Bonchev–Trinajstić information content (AvgIpc) is 1.65. The fourth-order valence-corrected chi connectivity index (χ4v) is 14.4. The van der Waals surface area contributed by atoms with E-state index < -0.39 is 23.5 Å². The molecule has 0 saturated carbocycles. The maximum Gasteiger partial charge on any atom is 0.416 e. The van der Waals surface area contributed by atoms with Gasteiger partial charge in [0, 0.05) is 138 Å². The zero-order valence-electron chi connectivity index (χ0n) is 75.8. The van der Waals surface area contributed by atoms with Crippen LogP contribution in [-0.2, 0) is 46.6 Å². The number of anilines is 4. The lowest BCUT2D eigenvalue weighted by molar-refractivity contribution is -0.138. The van der Waals surface area contributed by atoms with Crippen molar-refractivity contribution in [2.24, 2.45) is 0 Å². The molecule has 3 amide bonds. The van der Waals surface area contributed by atoms with E-state index in [1.165, 1.54) is 17.8 Å². The molecule has 0 aliphatic carbocycles. The van der Waals surface area contributed by atoms with Crippen LogP contribution in [0.25, 0.3) is 28.3 Å². The average molecular weight is 1840 g/mol. The monoisotopic (exact) mass is 1840 g/mol. The molecular weight excluding hydrogens is 1750 g/mol. The van der Waals surface area contributed by atoms with Crippen molar-refractivity contribution in [3.05, 3.63) is 373 Å². The maximum atomic E-state index is 13.6. The van der Waals surface area contributed by atoms with Crippen molar-refractivity contribution >= 4 is 74.8 Å². The predicted octanol–water partition coefficient (Wildman–Crippen LogP) is 18.6. The number of amides is 3. The van der Waals surface area contributed by atoms with E-state index in [1.54, 1.807) is 149 Å². The summed E-state index contributed by atoms with van der Waals surface area (Å²) in [7, 11) is 0. The number of nitrogens with zero attached hydrogens (tertiary/aromatic N) is 16. The molecular formula is C105H87F6N19O7. The molecule has 0 unspecified atom stereocenters. The fraction of sp³-hybridized carbons (Fsp3) is 0.190. The van der Waals surface area contributed by atoms with E-state index in [4.69, 9.17) is 9.26 Å². The zero-order chi connectivity index (χ0) is 96.8. The van der Waals surface area contributed by atoms with E-state index in [9.17, 15) is 50.3 Å². The summed E-state index contributed by atoms with van der Waals surface area (Å²) >= 11 is 0. The van der Waals surface area contributed by atoms with Gasteiger partial charge in [-0.15, -0.1) is 0 Å². The van der Waals surface area contributed by atoms with Crippen molar-refractivity contribution in [1.29, 1.82) is 0 Å². The number of carbonyl (C=O) groups excluding carboxylic acids is 5. The van der Waals surface area contributed by atoms with Crippen LogP contribution in [0.5, 0.6) is 0 Å². The summed E-state index contributed by atoms with van der Waals surface area (Å²) < 4.78 is 101. The third-order valence-corrected chi connectivity index (χ3v) is 21.7. The Morgan fingerprint density at radius 1 is 0.453 bits per heavy atom. The molecule has 686 valence electrons. The van der Waals surface area contributed by atoms with Gasteiger partial charge in [-0.25, -0.2) is 48.2 Å². The summed E-state index contributed by atoms with van der Waals surface area (Å²) in [6, 6.07) is 48.4. The van der Waals surface area contributed by atoms with Gasteiger partial charge in [0.1, 0.15) is 34.4 Å². The standard InChI is InChI=1S/C28H20F3N5O.C28H23F3N4O2.C25H22N6O2.C24H22N4O2/c1-18-5-6-22(13-21(18)7-8-24-15-32-27-4-3-9-34-36(24)27)26(37)12-20-10-23(28(29,30)31)14-25(11-20)35-16-19(2)33-17-35;1-19-4-5-22(16-21(19)6-7-24-18-32-27-3-2-8-33-35(24)27)26(36)15-20-13-23(28(29,30)31)17-25(14-20)34-9-11-37-12-10-34;1-16-10-11-26-23(13-16)30-25(33)29-20-8-6-17(2)19(14-20)7-9-21-15-27-24-22(28-18(3)32)5-4-12-31(21)24;1-16-7-8-18(21(29)13-19-14-22(30-27-19)24(2,3)4)12-17(16)9-10-20-15-25-23-6-5-11-26-28(20)23/h3-6,9-11,13-17H,12H2,1-2H3;2-5,8,13-14,16-18H,9-12,15H2,1H3;4-6,8,10-15H,1-3H3,(H,28,32)(H2,26,29,30,33);5-8,11-12,14-15H,13H2,1-4H3. The van der Waals surface area contributed by atoms with Crippen LogP contribution >= 0.6 is 0 Å². The van der Waals surface area contributed by atoms with Gasteiger partial charge in [0.05, 0.1) is 79.0 Å². The minimum atomic E-state index is -4.55. The number of imidazole rings is 5. The zero-order valence-corrected chi connectivity index (χ0v) is 75.8. The molecule has 32 heteroatoms. The topological polar surface area (TPSA) is 299 Å². The summed E-state index contributed by atoms with van der Waals surface area (Å²) in [5.74, 6) is 25.2. The molecule has 11 aromatic heterocycles. The number of carbonyl (C=O) groups is 5. The maximum absolute atomic E-state index is 13.6. The molecule has 1 saturated heterocycles. The molecule has 12 heterocycles. The summed E-state index contributed by atoms with van der Waals surface area (Å²) in [6.45, 7) is 20.8. The molecule has 0 spiro atoms. The van der Waals surface area contributed by atoms with Crippen molar-refractivity contribution in [3.8, 4) is 53.1 Å². The Morgan fingerprint density at radius 3 is 1.40 bits per heavy atom. The molecule has 3 N–H and O–H groups in total. The quantitative estimate of drug-likeness (QED) is 0.0517. The van der Waals surface area contributed by atoms with Gasteiger partial charge in [-0.3, -0.25) is 28.9 Å². The minimum absolute atomic E-state index is 0.0247. The van der Waals surface area contributed by atoms with Gasteiger partial charge in [-0.2, -0.15) is 41.6 Å². The number of pyridine rings is 2. The lowest BCUT2D eigenvalue weighted by Crippen LogP contribution is -2.36. The third kappa shape index (κ3) is 24.0. The number of aromatic nitrogens is 15. The number of benzene rings is 6. The van der Waals surface area contributed by atoms with Gasteiger partial charge in [0.15, 0.2) is 39.9 Å². The number of nitrogens with one attached hydrogen (secondary N) is 3. The van der Waals surface area contributed by atoms with Gasteiger partial charge < -0.3 is 29.4 Å². The van der Waals surface area contributed by atoms with Crippen LogP contribution in [0.2, 0.25) is 0 Å². The van der Waals surface area contributed by atoms with Crippen LogP contribution in [0.4, 0.5) is 54.0 Å². The van der Waals surface area contributed by atoms with E-state index >= 15 is 0 Å². The number of hydrogen-bond acceptors (Lipinski definition) is 18. The number of halogens is 6. The lowest BCUT2D eigenvalue weighted by Gasteiger charge is -2.29. The molecule has 17 aromatic rings. The van der Waals surface area contributed by atoms with Gasteiger partial charge >= 0.3 is 18.4 Å². The number of aryl methyl sites for hydroxylation is 6. The lowest BCUT2D eigenvalue weighted by atomic mass is 9.93. The van der Waals surface area contributed by atoms with E-state index in [0.717, 1.165) is 74.6 Å². The second-order valence-electron chi connectivity index (χ2n) is 33.2. The molecule has 1 aliphatic rings. The third-order valence-electron chi connectivity index (χ3n) is 21.7. The fourth-order valence-electron chi connectivity index (χ4n) is 14.4. The Hall–Kier alpha value is -17.2. The van der Waals surface area contributed by atoms with Crippen LogP contribution < -0.4 is 20.9 Å². The van der Waals surface area contributed by atoms with Crippen LogP contribution in [0, 0.1) is 88.9 Å². The van der Waals surface area contributed by atoms with Crippen LogP contribution in [0.15, 0.2) is 249 Å². The summed E-state index contributed by atoms with van der Waals surface area (Å²) in [4.78, 5) is 90.1. The highest BCUT2D eigenvalue weighted by Gasteiger charge is 2.34. The largest absolute Gasteiger partial charge is 0.416 e. The predicted molar refractivity (Wildman–Crippen MR) is 506 cm³/mol. The molecule has 0 radical (unpaired) electrons. The number of morpholine rings is 1. The van der Waals surface area contributed by atoms with Gasteiger partial charge in [-0.05, 0) is 232 Å². The van der Waals surface area contributed by atoms with Crippen molar-refractivity contribution in [1.82, 2.24) is 72.9 Å². The van der Waals surface area contributed by atoms with Crippen molar-refractivity contribution in [2.45, 2.75) is 106 Å². The van der Waals surface area contributed by atoms with Crippen LogP contribution in [-0.4, -0.2) is 128 Å². The Morgan fingerprint density at radius 2 is 0.927 bits per heavy atom. The number of ether oxygens (including phenoxy) is 1. The first-order chi connectivity index (χ1) is 65.6. The van der Waals surface area contributed by atoms with Gasteiger partial charge in [0.25, 0.3) is 0 Å². The molecule has 18 rings (SSSR count). The first kappa shape index (κ1) is 94.4. The first-order valence-corrected chi connectivity index (χ1v) is 43.1. The number of ketones is 3. The number of urea groups is 1. The molecule has 0 atom stereocenters. The number of Topliss-reactive ketones (excluding diaryl/α,β-unsaturated/α-hetero) is 3. The number of alkyl halides is 6. The van der Waals surface area contributed by atoms with Crippen LogP contribution in [0.1, 0.15) is 171 Å². The Kier molecular flexibility index (Phi) is 28.4. The number of rotatable bonds is 14. The SMILES string of the molecule is CC(=O)Nc1cccn2c(C#Cc3cc(NC(=O)Nc4cc(C)ccn4)ccc3C)cnc12.Cc1ccc(C(=O)Cc2cc(C(C)(C)C)on2)cc1C#Cc1cnc2cccnn12.Cc1ccc(C(=O)Cc2cc(N3CCOCC3)cc(C(F)(F)F)c2)cc1C#Cc1cnc2cccnn12.Cc1cn(-c2cc(CC(=O)c3ccc(C)c(C#Cc4cnc5cccnn45)c3)cc(C(F)(F)F)c2)cn1. The molecule has 26 nitrogen and oxygen atoms in total. The summed E-state index contributed by atoms with van der Waals surface area (Å²) in [5.41, 5.74) is 16.3. The Bertz CT molecular complexity index is 7770. The van der Waals surface area contributed by atoms with E-state index in [2.05, 4.69) is 114 Å². The van der Waals surface area contributed by atoms with Gasteiger partial charge in [0.2, 0.25) is 5.91 Å². The van der Waals surface area contributed by atoms with Crippen LogP contribution in [0.3, 0.4) is 0 Å². The number of hydrogen-bond donors (Lipinski definition) is 3. The molecule has 6 aromatic carbocycles.